The second-order valence-electron chi connectivity index (χ2n) is 8.12. The zero-order valence-corrected chi connectivity index (χ0v) is 19.7. The van der Waals surface area contributed by atoms with Gasteiger partial charge >= 0.3 is 0 Å². The molecule has 1 aliphatic heterocycles. The lowest BCUT2D eigenvalue weighted by Gasteiger charge is -2.09. The Morgan fingerprint density at radius 2 is 1.88 bits per heavy atom. The van der Waals surface area contributed by atoms with Crippen molar-refractivity contribution in [2.75, 3.05) is 6.61 Å². The van der Waals surface area contributed by atoms with Crippen LogP contribution in [0, 0.1) is 6.92 Å². The number of nitrogens with zero attached hydrogens (tertiary/aromatic N) is 2. The van der Waals surface area contributed by atoms with E-state index in [1.54, 1.807) is 24.3 Å². The predicted octanol–water partition coefficient (Wildman–Crippen LogP) is 6.91. The summed E-state index contributed by atoms with van der Waals surface area (Å²) < 4.78 is 13.5. The molecule has 5 nitrogen and oxygen atoms in total. The number of halogens is 1. The van der Waals surface area contributed by atoms with Crippen LogP contribution in [0.1, 0.15) is 34.8 Å². The van der Waals surface area contributed by atoms with Crippen LogP contribution in [0.2, 0.25) is 5.02 Å². The fourth-order valence-corrected chi connectivity index (χ4v) is 4.10. The van der Waals surface area contributed by atoms with Crippen molar-refractivity contribution in [3.8, 4) is 28.4 Å². The third-order valence-corrected chi connectivity index (χ3v) is 5.84. The molecule has 0 atom stereocenters. The number of ketones is 1. The van der Waals surface area contributed by atoms with Crippen LogP contribution in [0.5, 0.6) is 11.5 Å². The third kappa shape index (κ3) is 4.22. The maximum Gasteiger partial charge on any atom is 0.232 e. The SMILES string of the molecule is CCCOc1ccc(-c2nn(-c3ccccc3)cc2/C=C2\Oc3ccc(Cl)cc3C2=O)c(C)c1. The topological polar surface area (TPSA) is 53.4 Å². The van der Waals surface area contributed by atoms with Crippen molar-refractivity contribution in [1.82, 2.24) is 9.78 Å². The Bertz CT molecular complexity index is 1410. The van der Waals surface area contributed by atoms with Gasteiger partial charge in [0.1, 0.15) is 17.2 Å². The number of allylic oxidation sites excluding steroid dienone is 1. The summed E-state index contributed by atoms with van der Waals surface area (Å²) in [6.45, 7) is 4.78. The normalized spacial score (nSPS) is 13.7. The first-order valence-corrected chi connectivity index (χ1v) is 11.5. The number of hydrogen-bond donors (Lipinski definition) is 0. The molecule has 0 fully saturated rings. The predicted molar refractivity (Wildman–Crippen MR) is 134 cm³/mol. The van der Waals surface area contributed by atoms with Gasteiger partial charge in [-0.2, -0.15) is 5.10 Å². The van der Waals surface area contributed by atoms with Crippen LogP contribution in [0.25, 0.3) is 23.0 Å². The highest BCUT2D eigenvalue weighted by atomic mass is 35.5. The maximum atomic E-state index is 13.0. The highest BCUT2D eigenvalue weighted by molar-refractivity contribution is 6.31. The van der Waals surface area contributed by atoms with Crippen molar-refractivity contribution < 1.29 is 14.3 Å². The number of carbonyl (C=O) groups is 1. The molecule has 0 saturated carbocycles. The first kappa shape index (κ1) is 22.0. The molecule has 170 valence electrons. The Kier molecular flexibility index (Phi) is 5.95. The highest BCUT2D eigenvalue weighted by Gasteiger charge is 2.28. The standard InChI is InChI=1S/C28H23ClN2O3/c1-3-13-33-22-10-11-23(18(2)14-22)27-19(17-31(30-27)21-7-5-4-6-8-21)15-26-28(32)24-16-20(29)9-12-25(24)34-26/h4-12,14-17H,3,13H2,1-2H3/b26-15-. The number of aromatic nitrogens is 2. The van der Waals surface area contributed by atoms with Crippen molar-refractivity contribution in [3.05, 3.63) is 100 Å². The number of aryl methyl sites for hydroxylation is 1. The van der Waals surface area contributed by atoms with Crippen LogP contribution >= 0.6 is 11.6 Å². The molecular formula is C28H23ClN2O3. The van der Waals surface area contributed by atoms with E-state index in [4.69, 9.17) is 26.2 Å². The van der Waals surface area contributed by atoms with E-state index in [2.05, 4.69) is 6.92 Å². The van der Waals surface area contributed by atoms with Crippen molar-refractivity contribution in [3.63, 3.8) is 0 Å². The monoisotopic (exact) mass is 470 g/mol. The fourth-order valence-electron chi connectivity index (χ4n) is 3.93. The molecule has 5 rings (SSSR count). The molecule has 0 saturated heterocycles. The average molecular weight is 471 g/mol. The number of Topliss-reactive ketones (excluding diaryl/α,β-unsaturated/α-hetero) is 1. The van der Waals surface area contributed by atoms with Crippen molar-refractivity contribution in [1.29, 1.82) is 0 Å². The van der Waals surface area contributed by atoms with Gasteiger partial charge in [-0.3, -0.25) is 4.79 Å². The van der Waals surface area contributed by atoms with E-state index in [1.165, 1.54) is 0 Å². The van der Waals surface area contributed by atoms with Crippen LogP contribution < -0.4 is 9.47 Å². The minimum atomic E-state index is -0.198. The Hall–Kier alpha value is -3.83. The minimum Gasteiger partial charge on any atom is -0.494 e. The molecule has 0 N–H and O–H groups in total. The molecule has 4 aromatic rings. The van der Waals surface area contributed by atoms with Crippen LogP contribution in [0.4, 0.5) is 0 Å². The van der Waals surface area contributed by atoms with Crippen LogP contribution in [-0.2, 0) is 0 Å². The molecule has 0 bridgehead atoms. The summed E-state index contributed by atoms with van der Waals surface area (Å²) in [7, 11) is 0. The Morgan fingerprint density at radius 3 is 2.65 bits per heavy atom. The highest BCUT2D eigenvalue weighted by Crippen LogP contribution is 2.36. The first-order chi connectivity index (χ1) is 16.5. The van der Waals surface area contributed by atoms with E-state index < -0.39 is 0 Å². The summed E-state index contributed by atoms with van der Waals surface area (Å²) in [4.78, 5) is 13.0. The summed E-state index contributed by atoms with van der Waals surface area (Å²) in [5, 5.41) is 5.37. The fraction of sp³-hybridized carbons (Fsp3) is 0.143. The Morgan fingerprint density at radius 1 is 1.06 bits per heavy atom. The van der Waals surface area contributed by atoms with E-state index in [0.29, 0.717) is 22.9 Å². The molecule has 0 unspecified atom stereocenters. The molecule has 0 aliphatic carbocycles. The molecule has 3 aromatic carbocycles. The van der Waals surface area contributed by atoms with Gasteiger partial charge in [0.2, 0.25) is 5.78 Å². The number of rotatable bonds is 6. The van der Waals surface area contributed by atoms with Gasteiger partial charge in [0, 0.05) is 22.3 Å². The first-order valence-electron chi connectivity index (χ1n) is 11.2. The summed E-state index contributed by atoms with van der Waals surface area (Å²) >= 11 is 6.08. The van der Waals surface area contributed by atoms with Gasteiger partial charge in [0.15, 0.2) is 5.76 Å². The van der Waals surface area contributed by atoms with Crippen LogP contribution in [0.15, 0.2) is 78.7 Å². The van der Waals surface area contributed by atoms with E-state index in [9.17, 15) is 4.79 Å². The van der Waals surface area contributed by atoms with Crippen LogP contribution in [-0.4, -0.2) is 22.2 Å². The van der Waals surface area contributed by atoms with Gasteiger partial charge in [0.05, 0.1) is 17.9 Å². The van der Waals surface area contributed by atoms with Gasteiger partial charge < -0.3 is 9.47 Å². The molecule has 34 heavy (non-hydrogen) atoms. The summed E-state index contributed by atoms with van der Waals surface area (Å²) in [6.07, 6.45) is 4.60. The number of fused-ring (bicyclic) bond motifs is 1. The van der Waals surface area contributed by atoms with Crippen molar-refractivity contribution in [2.45, 2.75) is 20.3 Å². The van der Waals surface area contributed by atoms with Gasteiger partial charge in [-0.25, -0.2) is 4.68 Å². The largest absolute Gasteiger partial charge is 0.494 e. The quantitative estimate of drug-likeness (QED) is 0.287. The lowest BCUT2D eigenvalue weighted by molar-refractivity contribution is 0.101. The van der Waals surface area contributed by atoms with Gasteiger partial charge in [-0.05, 0) is 73.5 Å². The third-order valence-electron chi connectivity index (χ3n) is 5.61. The number of para-hydroxylation sites is 1. The number of hydrogen-bond acceptors (Lipinski definition) is 4. The number of carbonyl (C=O) groups excluding carboxylic acids is 1. The van der Waals surface area contributed by atoms with Gasteiger partial charge in [-0.1, -0.05) is 36.7 Å². The van der Waals surface area contributed by atoms with E-state index in [0.717, 1.165) is 40.2 Å². The van der Waals surface area contributed by atoms with Gasteiger partial charge in [0.25, 0.3) is 0 Å². The Labute approximate surface area is 203 Å². The molecule has 2 heterocycles. The zero-order valence-electron chi connectivity index (χ0n) is 18.9. The lowest BCUT2D eigenvalue weighted by Crippen LogP contribution is -1.98. The lowest BCUT2D eigenvalue weighted by atomic mass is 10.0. The molecule has 1 aliphatic rings. The maximum absolute atomic E-state index is 13.0. The smallest absolute Gasteiger partial charge is 0.232 e. The minimum absolute atomic E-state index is 0.198. The van der Waals surface area contributed by atoms with Crippen molar-refractivity contribution >= 4 is 23.5 Å². The number of ether oxygens (including phenoxy) is 2. The molecule has 0 amide bonds. The van der Waals surface area contributed by atoms with E-state index >= 15 is 0 Å². The summed E-state index contributed by atoms with van der Waals surface area (Å²) in [5.74, 6) is 1.38. The Balaban J connectivity index is 1.59. The molecule has 0 spiro atoms. The summed E-state index contributed by atoms with van der Waals surface area (Å²) in [5.41, 5.74) is 4.89. The van der Waals surface area contributed by atoms with E-state index in [-0.39, 0.29) is 11.5 Å². The zero-order chi connectivity index (χ0) is 23.7. The second-order valence-corrected chi connectivity index (χ2v) is 8.56. The number of benzene rings is 3. The molecule has 0 radical (unpaired) electrons. The van der Waals surface area contributed by atoms with E-state index in [1.807, 2.05) is 66.3 Å². The van der Waals surface area contributed by atoms with Gasteiger partial charge in [-0.15, -0.1) is 0 Å². The average Bonchev–Trinajstić information content (AvgIpc) is 3.40. The van der Waals surface area contributed by atoms with Crippen molar-refractivity contribution in [2.24, 2.45) is 0 Å². The molecular weight excluding hydrogens is 448 g/mol. The summed E-state index contributed by atoms with van der Waals surface area (Å²) in [6, 6.07) is 20.9. The molecule has 1 aromatic heterocycles. The molecule has 6 heteroatoms. The van der Waals surface area contributed by atoms with Crippen LogP contribution in [0.3, 0.4) is 0 Å². The second kappa shape index (κ2) is 9.20.